The summed E-state index contributed by atoms with van der Waals surface area (Å²) in [5.74, 6) is 0.634. The predicted molar refractivity (Wildman–Crippen MR) is 85.4 cm³/mol. The summed E-state index contributed by atoms with van der Waals surface area (Å²) >= 11 is 0. The number of amides is 1. The minimum atomic E-state index is -0.0568. The number of hydrogen-bond acceptors (Lipinski definition) is 2. The van der Waals surface area contributed by atoms with Crippen LogP contribution in [0.1, 0.15) is 23.2 Å². The number of carbonyl (C=O) groups excluding carboxylic acids is 1. The highest BCUT2D eigenvalue weighted by Gasteiger charge is 2.36. The smallest absolute Gasteiger partial charge is 0.265 e. The van der Waals surface area contributed by atoms with E-state index in [-0.39, 0.29) is 11.9 Å². The third kappa shape index (κ3) is 2.18. The Hall–Kier alpha value is -2.25. The van der Waals surface area contributed by atoms with Crippen LogP contribution in [0.5, 0.6) is 0 Å². The fourth-order valence-corrected chi connectivity index (χ4v) is 3.85. The van der Waals surface area contributed by atoms with Gasteiger partial charge in [0.05, 0.1) is 6.04 Å². The molecule has 0 aromatic carbocycles. The molecule has 4 rings (SSSR count). The van der Waals surface area contributed by atoms with Crippen LogP contribution < -0.4 is 0 Å². The number of aromatic nitrogens is 1. The maximum Gasteiger partial charge on any atom is 0.265 e. The normalized spacial score (nSPS) is 26.8. The molecule has 0 N–H and O–H groups in total. The van der Waals surface area contributed by atoms with Crippen LogP contribution in [0.15, 0.2) is 36.7 Å². The maximum atomic E-state index is 12.8. The second-order valence-electron chi connectivity index (χ2n) is 6.36. The SMILES string of the molecule is C#CN(C(=O)c1ccn2cccc2c1)[C@@H]1C[C@H]2CCN(C2)C1. The van der Waals surface area contributed by atoms with Gasteiger partial charge in [-0.05, 0) is 49.6 Å². The van der Waals surface area contributed by atoms with Crippen molar-refractivity contribution in [2.75, 3.05) is 19.6 Å². The van der Waals surface area contributed by atoms with Crippen LogP contribution in [0, 0.1) is 18.4 Å². The van der Waals surface area contributed by atoms with Crippen LogP contribution in [0.25, 0.3) is 5.52 Å². The van der Waals surface area contributed by atoms with E-state index in [4.69, 9.17) is 6.42 Å². The fourth-order valence-electron chi connectivity index (χ4n) is 3.85. The Morgan fingerprint density at radius 3 is 3.05 bits per heavy atom. The molecule has 0 aliphatic carbocycles. The molecule has 4 heteroatoms. The van der Waals surface area contributed by atoms with E-state index < -0.39 is 0 Å². The van der Waals surface area contributed by atoms with Gasteiger partial charge in [-0.2, -0.15) is 0 Å². The molecule has 2 fully saturated rings. The van der Waals surface area contributed by atoms with Crippen LogP contribution in [0.3, 0.4) is 0 Å². The molecule has 2 saturated heterocycles. The van der Waals surface area contributed by atoms with Crippen LogP contribution in [0.4, 0.5) is 0 Å². The molecule has 1 unspecified atom stereocenters. The molecule has 112 valence electrons. The fraction of sp³-hybridized carbons (Fsp3) is 0.389. The number of nitrogens with zero attached hydrogens (tertiary/aromatic N) is 3. The summed E-state index contributed by atoms with van der Waals surface area (Å²) in [4.78, 5) is 16.9. The summed E-state index contributed by atoms with van der Waals surface area (Å²) in [6.07, 6.45) is 11.8. The standard InChI is InChI=1S/C18H19N3O/c1-2-21(17-10-14-5-8-19(12-14)13-17)18(22)15-6-9-20-7-3-4-16(20)11-15/h1,3-4,6-7,9,11,14,17H,5,8,10,12-13H2/t14-,17-/m1/s1. The van der Waals surface area contributed by atoms with Gasteiger partial charge in [-0.3, -0.25) is 9.69 Å². The zero-order valence-corrected chi connectivity index (χ0v) is 12.5. The third-order valence-corrected chi connectivity index (χ3v) is 4.94. The summed E-state index contributed by atoms with van der Waals surface area (Å²) in [5, 5.41) is 0. The largest absolute Gasteiger partial charge is 0.324 e. The summed E-state index contributed by atoms with van der Waals surface area (Å²) in [6, 6.07) is 10.5. The Kier molecular flexibility index (Phi) is 3.16. The van der Waals surface area contributed by atoms with Gasteiger partial charge >= 0.3 is 0 Å². The molecule has 22 heavy (non-hydrogen) atoms. The van der Waals surface area contributed by atoms with Crippen LogP contribution >= 0.6 is 0 Å². The Balaban J connectivity index is 1.60. The molecule has 2 aromatic heterocycles. The highest BCUT2D eigenvalue weighted by atomic mass is 16.2. The van der Waals surface area contributed by atoms with Crippen LogP contribution in [-0.4, -0.2) is 45.8 Å². The first-order valence-corrected chi connectivity index (χ1v) is 7.83. The van der Waals surface area contributed by atoms with E-state index in [9.17, 15) is 4.79 Å². The van der Waals surface area contributed by atoms with Gasteiger partial charge in [0.15, 0.2) is 0 Å². The number of rotatable bonds is 2. The zero-order valence-electron chi connectivity index (χ0n) is 12.5. The molecule has 0 radical (unpaired) electrons. The molecular formula is C18H19N3O. The minimum absolute atomic E-state index is 0.0568. The van der Waals surface area contributed by atoms with Crippen molar-refractivity contribution < 1.29 is 4.79 Å². The van der Waals surface area contributed by atoms with Gasteiger partial charge in [0.2, 0.25) is 0 Å². The first kappa shape index (κ1) is 13.4. The van der Waals surface area contributed by atoms with E-state index in [1.807, 2.05) is 41.1 Å². The van der Waals surface area contributed by atoms with Crippen molar-refractivity contribution >= 4 is 11.4 Å². The summed E-state index contributed by atoms with van der Waals surface area (Å²) < 4.78 is 1.99. The Morgan fingerprint density at radius 1 is 1.32 bits per heavy atom. The Labute approximate surface area is 130 Å². The third-order valence-electron chi connectivity index (χ3n) is 4.94. The summed E-state index contributed by atoms with van der Waals surface area (Å²) in [5.41, 5.74) is 1.67. The van der Waals surface area contributed by atoms with E-state index in [1.165, 1.54) is 13.0 Å². The van der Waals surface area contributed by atoms with Gasteiger partial charge in [-0.15, -0.1) is 0 Å². The number of hydrogen-bond donors (Lipinski definition) is 0. The van der Waals surface area contributed by atoms with Gasteiger partial charge in [0.1, 0.15) is 0 Å². The lowest BCUT2D eigenvalue weighted by molar-refractivity contribution is 0.0706. The summed E-state index contributed by atoms with van der Waals surface area (Å²) in [6.45, 7) is 3.21. The quantitative estimate of drug-likeness (QED) is 0.626. The highest BCUT2D eigenvalue weighted by molar-refractivity contribution is 5.96. The number of fused-ring (bicyclic) bond motifs is 3. The van der Waals surface area contributed by atoms with Crippen molar-refractivity contribution in [3.8, 4) is 12.5 Å². The molecule has 3 atom stereocenters. The number of carbonyl (C=O) groups is 1. The predicted octanol–water partition coefficient (Wildman–Crippen LogP) is 2.07. The average molecular weight is 293 g/mol. The molecule has 2 aliphatic rings. The first-order chi connectivity index (χ1) is 10.7. The lowest BCUT2D eigenvalue weighted by Crippen LogP contribution is -2.47. The van der Waals surface area contributed by atoms with E-state index in [2.05, 4.69) is 10.9 Å². The van der Waals surface area contributed by atoms with Crippen molar-refractivity contribution in [1.82, 2.24) is 14.2 Å². The van der Waals surface area contributed by atoms with Gasteiger partial charge in [-0.25, -0.2) is 0 Å². The molecule has 4 heterocycles. The summed E-state index contributed by atoms with van der Waals surface area (Å²) in [7, 11) is 0. The molecule has 0 spiro atoms. The lowest BCUT2D eigenvalue weighted by atomic mass is 9.95. The van der Waals surface area contributed by atoms with Gasteiger partial charge in [0.25, 0.3) is 5.91 Å². The number of piperidine rings is 1. The molecule has 2 aromatic rings. The maximum absolute atomic E-state index is 12.8. The lowest BCUT2D eigenvalue weighted by Gasteiger charge is -2.35. The molecule has 1 amide bonds. The van der Waals surface area contributed by atoms with Gasteiger partial charge in [-0.1, -0.05) is 6.42 Å². The van der Waals surface area contributed by atoms with Gasteiger partial charge < -0.3 is 9.30 Å². The second kappa shape index (κ2) is 5.19. The van der Waals surface area contributed by atoms with E-state index in [1.54, 1.807) is 4.90 Å². The molecule has 2 aliphatic heterocycles. The van der Waals surface area contributed by atoms with Crippen molar-refractivity contribution in [2.45, 2.75) is 18.9 Å². The highest BCUT2D eigenvalue weighted by Crippen LogP contribution is 2.29. The van der Waals surface area contributed by atoms with Gasteiger partial charge in [0, 0.05) is 42.6 Å². The molecule has 0 saturated carbocycles. The van der Waals surface area contributed by atoms with Crippen molar-refractivity contribution in [3.05, 3.63) is 42.2 Å². The van der Waals surface area contributed by atoms with Crippen LogP contribution in [0.2, 0.25) is 0 Å². The van der Waals surface area contributed by atoms with Crippen LogP contribution in [-0.2, 0) is 0 Å². The Morgan fingerprint density at radius 2 is 2.23 bits per heavy atom. The molecule has 2 bridgehead atoms. The molecule has 4 nitrogen and oxygen atoms in total. The zero-order chi connectivity index (χ0) is 15.1. The van der Waals surface area contributed by atoms with Crippen molar-refractivity contribution in [2.24, 2.45) is 5.92 Å². The Bertz CT molecular complexity index is 745. The van der Waals surface area contributed by atoms with E-state index in [0.717, 1.165) is 25.0 Å². The number of pyridine rings is 1. The monoisotopic (exact) mass is 293 g/mol. The van der Waals surface area contributed by atoms with E-state index >= 15 is 0 Å². The number of terminal acetylenes is 1. The minimum Gasteiger partial charge on any atom is -0.324 e. The molecular weight excluding hydrogens is 274 g/mol. The topological polar surface area (TPSA) is 28.0 Å². The first-order valence-electron chi connectivity index (χ1n) is 7.83. The van der Waals surface area contributed by atoms with Crippen molar-refractivity contribution in [3.63, 3.8) is 0 Å². The average Bonchev–Trinajstić information content (AvgIpc) is 3.13. The van der Waals surface area contributed by atoms with E-state index in [0.29, 0.717) is 11.5 Å². The van der Waals surface area contributed by atoms with Crippen molar-refractivity contribution in [1.29, 1.82) is 0 Å². The second-order valence-corrected chi connectivity index (χ2v) is 6.36.